The zero-order valence-corrected chi connectivity index (χ0v) is 18.7. The second-order valence-electron chi connectivity index (χ2n) is 7.08. The molecule has 0 amide bonds. The van der Waals surface area contributed by atoms with E-state index in [1.807, 2.05) is 0 Å². The van der Waals surface area contributed by atoms with Crippen molar-refractivity contribution in [1.82, 2.24) is 9.97 Å². The Morgan fingerprint density at radius 1 is 1.06 bits per heavy atom. The van der Waals surface area contributed by atoms with E-state index < -0.39 is 0 Å². The lowest BCUT2D eigenvalue weighted by Crippen LogP contribution is -2.11. The van der Waals surface area contributed by atoms with Crippen LogP contribution in [0.4, 0.5) is 4.39 Å². The molecule has 4 rings (SSSR count). The maximum absolute atomic E-state index is 13.7. The van der Waals surface area contributed by atoms with Crippen molar-refractivity contribution in [1.29, 1.82) is 0 Å². The largest absolute Gasteiger partial charge is 0.493 e. The van der Waals surface area contributed by atoms with Crippen molar-refractivity contribution in [2.75, 3.05) is 14.2 Å². The Kier molecular flexibility index (Phi) is 6.60. The molecule has 0 bridgehead atoms. The van der Waals surface area contributed by atoms with Gasteiger partial charge in [0.1, 0.15) is 18.2 Å². The summed E-state index contributed by atoms with van der Waals surface area (Å²) in [6, 6.07) is 16.8. The molecular formula is C25H20ClFN2O4. The van der Waals surface area contributed by atoms with Crippen molar-refractivity contribution in [2.45, 2.75) is 6.61 Å². The van der Waals surface area contributed by atoms with E-state index in [0.717, 1.165) is 5.56 Å². The number of rotatable bonds is 7. The quantitative estimate of drug-likeness (QED) is 0.395. The minimum atomic E-state index is -0.348. The van der Waals surface area contributed by atoms with Crippen LogP contribution in [0.2, 0.25) is 0 Å². The number of hydrogen-bond donors (Lipinski definition) is 1. The van der Waals surface area contributed by atoms with Crippen LogP contribution in [0.5, 0.6) is 17.2 Å². The Morgan fingerprint density at radius 2 is 1.76 bits per heavy atom. The molecule has 1 aromatic heterocycles. The summed E-state index contributed by atoms with van der Waals surface area (Å²) in [6.45, 7) is 0.124. The molecule has 0 saturated carbocycles. The van der Waals surface area contributed by atoms with E-state index in [0.29, 0.717) is 33.7 Å². The summed E-state index contributed by atoms with van der Waals surface area (Å²) in [5, 5.41) is 0.612. The number of halogens is 2. The van der Waals surface area contributed by atoms with E-state index in [-0.39, 0.29) is 28.8 Å². The van der Waals surface area contributed by atoms with Gasteiger partial charge in [0.15, 0.2) is 17.3 Å². The van der Waals surface area contributed by atoms with E-state index in [2.05, 4.69) is 9.97 Å². The summed E-state index contributed by atoms with van der Waals surface area (Å²) in [6.07, 6.45) is 1.67. The van der Waals surface area contributed by atoms with Gasteiger partial charge in [-0.15, -0.1) is 0 Å². The summed E-state index contributed by atoms with van der Waals surface area (Å²) in [4.78, 5) is 19.7. The summed E-state index contributed by atoms with van der Waals surface area (Å²) in [5.74, 6) is 1.40. The second kappa shape index (κ2) is 9.75. The molecule has 1 N–H and O–H groups in total. The lowest BCUT2D eigenvalue weighted by Gasteiger charge is -2.09. The van der Waals surface area contributed by atoms with Gasteiger partial charge in [0, 0.05) is 11.6 Å². The molecule has 4 aromatic rings. The molecule has 0 spiro atoms. The molecule has 6 nitrogen and oxygen atoms in total. The third-order valence-corrected chi connectivity index (χ3v) is 5.25. The molecule has 0 saturated heterocycles. The van der Waals surface area contributed by atoms with E-state index in [4.69, 9.17) is 25.8 Å². The van der Waals surface area contributed by atoms with Gasteiger partial charge < -0.3 is 19.2 Å². The smallest absolute Gasteiger partial charge is 0.259 e. The molecule has 0 atom stereocenters. The molecule has 8 heteroatoms. The van der Waals surface area contributed by atoms with Gasteiger partial charge in [-0.1, -0.05) is 41.9 Å². The van der Waals surface area contributed by atoms with Crippen LogP contribution in [-0.4, -0.2) is 24.2 Å². The van der Waals surface area contributed by atoms with Crippen LogP contribution in [-0.2, 0) is 6.61 Å². The summed E-state index contributed by atoms with van der Waals surface area (Å²) in [7, 11) is 3.00. The number of fused-ring (bicyclic) bond motifs is 1. The van der Waals surface area contributed by atoms with Crippen molar-refractivity contribution in [2.24, 2.45) is 0 Å². The Bertz CT molecular complexity index is 1380. The minimum absolute atomic E-state index is 0.124. The maximum Gasteiger partial charge on any atom is 0.259 e. The van der Waals surface area contributed by atoms with E-state index in [1.54, 1.807) is 60.7 Å². The SMILES string of the molecule is COc1cc2nc(/C(Cl)=C/c3ccc(OCc4ccccc4F)cc3)[nH]c(=O)c2cc1OC. The molecule has 168 valence electrons. The highest BCUT2D eigenvalue weighted by Crippen LogP contribution is 2.31. The van der Waals surface area contributed by atoms with E-state index in [1.165, 1.54) is 20.3 Å². The van der Waals surface area contributed by atoms with Crippen LogP contribution in [0.15, 0.2) is 65.5 Å². The van der Waals surface area contributed by atoms with Gasteiger partial charge in [-0.25, -0.2) is 9.37 Å². The van der Waals surface area contributed by atoms with Gasteiger partial charge >= 0.3 is 0 Å². The number of hydrogen-bond acceptors (Lipinski definition) is 5. The number of nitrogens with one attached hydrogen (secondary N) is 1. The molecule has 3 aromatic carbocycles. The number of aromatic nitrogens is 2. The minimum Gasteiger partial charge on any atom is -0.493 e. The molecule has 0 unspecified atom stereocenters. The Hall–Kier alpha value is -3.84. The van der Waals surface area contributed by atoms with Gasteiger partial charge in [0.2, 0.25) is 0 Å². The van der Waals surface area contributed by atoms with E-state index in [9.17, 15) is 9.18 Å². The Balaban J connectivity index is 1.55. The second-order valence-corrected chi connectivity index (χ2v) is 7.49. The molecule has 0 aliphatic heterocycles. The zero-order valence-electron chi connectivity index (χ0n) is 17.9. The van der Waals surface area contributed by atoms with E-state index >= 15 is 0 Å². The fraction of sp³-hybridized carbons (Fsp3) is 0.120. The number of nitrogens with zero attached hydrogens (tertiary/aromatic N) is 1. The predicted molar refractivity (Wildman–Crippen MR) is 126 cm³/mol. The van der Waals surface area contributed by atoms with Crippen LogP contribution in [0.3, 0.4) is 0 Å². The van der Waals surface area contributed by atoms with Gasteiger partial charge in [-0.05, 0) is 35.9 Å². The van der Waals surface area contributed by atoms with Crippen LogP contribution >= 0.6 is 11.6 Å². The third kappa shape index (κ3) is 4.99. The van der Waals surface area contributed by atoms with Crippen LogP contribution in [0.25, 0.3) is 22.0 Å². The number of ether oxygens (including phenoxy) is 3. The average Bonchev–Trinajstić information content (AvgIpc) is 2.83. The number of benzene rings is 3. The lowest BCUT2D eigenvalue weighted by molar-refractivity contribution is 0.300. The standard InChI is InChI=1S/C25H20ClFN2O4/c1-31-22-12-18-21(13-23(22)32-2)28-24(29-25(18)30)19(26)11-15-7-9-17(10-8-15)33-14-16-5-3-4-6-20(16)27/h3-13H,14H2,1-2H3,(H,28,29,30)/b19-11-. The van der Waals surface area contributed by atoms with Crippen LogP contribution in [0, 0.1) is 5.82 Å². The summed E-state index contributed by atoms with van der Waals surface area (Å²) in [5.41, 5.74) is 1.33. The van der Waals surface area contributed by atoms with Crippen LogP contribution < -0.4 is 19.8 Å². The molecular weight excluding hydrogens is 447 g/mol. The Labute approximate surface area is 194 Å². The topological polar surface area (TPSA) is 73.4 Å². The monoisotopic (exact) mass is 466 g/mol. The first kappa shape index (κ1) is 22.4. The molecule has 0 fully saturated rings. The number of aromatic amines is 1. The van der Waals surface area contributed by atoms with Crippen molar-refractivity contribution in [3.63, 3.8) is 0 Å². The molecule has 33 heavy (non-hydrogen) atoms. The number of H-pyrrole nitrogens is 1. The van der Waals surface area contributed by atoms with Crippen molar-refractivity contribution in [3.05, 3.63) is 93.8 Å². The summed E-state index contributed by atoms with van der Waals surface area (Å²) < 4.78 is 29.9. The molecule has 0 aliphatic rings. The first-order valence-corrected chi connectivity index (χ1v) is 10.4. The predicted octanol–water partition coefficient (Wildman–Crippen LogP) is 5.40. The first-order valence-electron chi connectivity index (χ1n) is 9.98. The van der Waals surface area contributed by atoms with Gasteiger partial charge in [-0.2, -0.15) is 0 Å². The summed E-state index contributed by atoms with van der Waals surface area (Å²) >= 11 is 6.44. The highest BCUT2D eigenvalue weighted by molar-refractivity contribution is 6.50. The lowest BCUT2D eigenvalue weighted by atomic mass is 10.2. The highest BCUT2D eigenvalue weighted by atomic mass is 35.5. The zero-order chi connectivity index (χ0) is 23.4. The molecule has 0 aliphatic carbocycles. The first-order chi connectivity index (χ1) is 16.0. The van der Waals surface area contributed by atoms with Gasteiger partial charge in [0.25, 0.3) is 5.56 Å². The fourth-order valence-electron chi connectivity index (χ4n) is 3.23. The van der Waals surface area contributed by atoms with Crippen LogP contribution in [0.1, 0.15) is 17.0 Å². The Morgan fingerprint density at radius 3 is 2.45 bits per heavy atom. The maximum atomic E-state index is 13.7. The number of methoxy groups -OCH3 is 2. The van der Waals surface area contributed by atoms with Crippen molar-refractivity contribution in [3.8, 4) is 17.2 Å². The van der Waals surface area contributed by atoms with Gasteiger partial charge in [-0.3, -0.25) is 4.79 Å². The van der Waals surface area contributed by atoms with Crippen molar-refractivity contribution < 1.29 is 18.6 Å². The fourth-order valence-corrected chi connectivity index (χ4v) is 3.45. The average molecular weight is 467 g/mol. The van der Waals surface area contributed by atoms with Crippen molar-refractivity contribution >= 4 is 33.6 Å². The molecule has 0 radical (unpaired) electrons. The normalized spacial score (nSPS) is 11.5. The third-order valence-electron chi connectivity index (χ3n) is 4.96. The highest BCUT2D eigenvalue weighted by Gasteiger charge is 2.12. The molecule has 1 heterocycles. The van der Waals surface area contributed by atoms with Gasteiger partial charge in [0.05, 0.1) is 30.2 Å².